The minimum absolute atomic E-state index is 0.132. The highest BCUT2D eigenvalue weighted by Gasteiger charge is 2.40. The first-order valence-corrected chi connectivity index (χ1v) is 8.43. The molecule has 0 unspecified atom stereocenters. The molecule has 0 aliphatic heterocycles. The average molecular weight is 309 g/mol. The minimum atomic E-state index is -1.02. The van der Waals surface area contributed by atoms with Crippen molar-refractivity contribution in [1.29, 1.82) is 0 Å². The number of aryl methyl sites for hydroxylation is 2. The topological polar surface area (TPSA) is 66.4 Å². The van der Waals surface area contributed by atoms with E-state index in [-0.39, 0.29) is 5.91 Å². The number of carbonyl (C=O) groups excluding carboxylic acids is 1. The van der Waals surface area contributed by atoms with Crippen molar-refractivity contribution < 1.29 is 14.7 Å². The van der Waals surface area contributed by atoms with E-state index in [0.717, 1.165) is 32.1 Å². The van der Waals surface area contributed by atoms with Crippen LogP contribution in [0.15, 0.2) is 12.1 Å². The lowest BCUT2D eigenvalue weighted by Crippen LogP contribution is -2.55. The number of carboxylic acids is 1. The molecule has 1 aliphatic carbocycles. The summed E-state index contributed by atoms with van der Waals surface area (Å²) in [5, 5.41) is 12.2. The van der Waals surface area contributed by atoms with Crippen molar-refractivity contribution in [1.82, 2.24) is 5.32 Å². The summed E-state index contributed by atoms with van der Waals surface area (Å²) in [6.07, 6.45) is 5.96. The lowest BCUT2D eigenvalue weighted by atomic mass is 9.81. The quantitative estimate of drug-likeness (QED) is 0.847. The van der Waals surface area contributed by atoms with E-state index in [2.05, 4.69) is 24.4 Å². The third-order valence-electron chi connectivity index (χ3n) is 4.12. The molecule has 1 saturated carbocycles. The van der Waals surface area contributed by atoms with Crippen LogP contribution in [0, 0.1) is 6.92 Å². The van der Waals surface area contributed by atoms with Crippen LogP contribution in [0.2, 0.25) is 0 Å². The van der Waals surface area contributed by atoms with Crippen LogP contribution in [0.3, 0.4) is 0 Å². The molecular weight excluding hydrogens is 286 g/mol. The molecular formula is C16H23NO3S. The average Bonchev–Trinajstić information content (AvgIpc) is 2.85. The van der Waals surface area contributed by atoms with Crippen molar-refractivity contribution in [2.75, 3.05) is 0 Å². The van der Waals surface area contributed by atoms with Crippen molar-refractivity contribution in [3.63, 3.8) is 0 Å². The molecule has 2 N–H and O–H groups in total. The normalized spacial score (nSPS) is 17.4. The summed E-state index contributed by atoms with van der Waals surface area (Å²) < 4.78 is 0. The van der Waals surface area contributed by atoms with Crippen LogP contribution < -0.4 is 5.32 Å². The Bertz CT molecular complexity index is 503. The number of nitrogens with one attached hydrogen (secondary N) is 1. The Morgan fingerprint density at radius 1 is 1.29 bits per heavy atom. The summed E-state index contributed by atoms with van der Waals surface area (Å²) in [5.41, 5.74) is -1.02. The minimum Gasteiger partial charge on any atom is -0.480 e. The molecule has 21 heavy (non-hydrogen) atoms. The van der Waals surface area contributed by atoms with Gasteiger partial charge in [-0.1, -0.05) is 19.3 Å². The van der Waals surface area contributed by atoms with Gasteiger partial charge in [-0.25, -0.2) is 4.79 Å². The standard InChI is InChI=1S/C16H23NO3S/c1-12-8-9-13(21-12)6-5-7-14(18)17-16(15(19)20)10-3-2-4-11-16/h8-9H,2-7,10-11H2,1H3,(H,17,18)(H,19,20). The number of rotatable bonds is 6. The largest absolute Gasteiger partial charge is 0.480 e. The van der Waals surface area contributed by atoms with Gasteiger partial charge in [0.05, 0.1) is 0 Å². The first-order valence-electron chi connectivity index (χ1n) is 7.62. The molecule has 116 valence electrons. The van der Waals surface area contributed by atoms with Crippen LogP contribution in [0.5, 0.6) is 0 Å². The molecule has 0 spiro atoms. The number of amides is 1. The molecule has 0 radical (unpaired) electrons. The van der Waals surface area contributed by atoms with Crippen molar-refractivity contribution in [3.05, 3.63) is 21.9 Å². The maximum absolute atomic E-state index is 12.0. The first kappa shape index (κ1) is 16.0. The number of aliphatic carboxylic acids is 1. The van der Waals surface area contributed by atoms with Crippen LogP contribution in [-0.4, -0.2) is 22.5 Å². The first-order chi connectivity index (χ1) is 10.0. The van der Waals surface area contributed by atoms with E-state index in [4.69, 9.17) is 0 Å². The number of hydrogen-bond acceptors (Lipinski definition) is 3. The van der Waals surface area contributed by atoms with Gasteiger partial charge in [0.25, 0.3) is 0 Å². The molecule has 1 aliphatic rings. The Hall–Kier alpha value is -1.36. The monoisotopic (exact) mass is 309 g/mol. The second-order valence-corrected chi connectivity index (χ2v) is 7.23. The second kappa shape index (κ2) is 7.07. The van der Waals surface area contributed by atoms with Crippen LogP contribution in [-0.2, 0) is 16.0 Å². The van der Waals surface area contributed by atoms with Gasteiger partial charge < -0.3 is 10.4 Å². The van der Waals surface area contributed by atoms with Gasteiger partial charge in [-0.05, 0) is 44.7 Å². The predicted molar refractivity (Wildman–Crippen MR) is 83.6 cm³/mol. The zero-order valence-corrected chi connectivity index (χ0v) is 13.3. The molecule has 0 atom stereocenters. The maximum Gasteiger partial charge on any atom is 0.329 e. The highest BCUT2D eigenvalue weighted by atomic mass is 32.1. The fourth-order valence-electron chi connectivity index (χ4n) is 2.92. The second-order valence-electron chi connectivity index (χ2n) is 5.86. The summed E-state index contributed by atoms with van der Waals surface area (Å²) >= 11 is 1.75. The van der Waals surface area contributed by atoms with Crippen LogP contribution >= 0.6 is 11.3 Å². The predicted octanol–water partition coefficient (Wildman–Crippen LogP) is 3.28. The Morgan fingerprint density at radius 2 is 2.00 bits per heavy atom. The maximum atomic E-state index is 12.0. The summed E-state index contributed by atoms with van der Waals surface area (Å²) in [7, 11) is 0. The van der Waals surface area contributed by atoms with Gasteiger partial charge in [0.15, 0.2) is 0 Å². The SMILES string of the molecule is Cc1ccc(CCCC(=O)NC2(C(=O)O)CCCCC2)s1. The fraction of sp³-hybridized carbons (Fsp3) is 0.625. The molecule has 0 aromatic carbocycles. The smallest absolute Gasteiger partial charge is 0.329 e. The molecule has 0 saturated heterocycles. The van der Waals surface area contributed by atoms with Gasteiger partial charge in [-0.3, -0.25) is 4.79 Å². The third-order valence-corrected chi connectivity index (χ3v) is 5.18. The molecule has 1 amide bonds. The summed E-state index contributed by atoms with van der Waals surface area (Å²) in [6, 6.07) is 4.18. The van der Waals surface area contributed by atoms with Crippen LogP contribution in [0.1, 0.15) is 54.7 Å². The van der Waals surface area contributed by atoms with Crippen molar-refractivity contribution in [2.45, 2.75) is 63.8 Å². The van der Waals surface area contributed by atoms with E-state index in [1.165, 1.54) is 9.75 Å². The summed E-state index contributed by atoms with van der Waals surface area (Å²) in [6.45, 7) is 2.07. The zero-order valence-electron chi connectivity index (χ0n) is 12.5. The number of carboxylic acid groups (broad SMARTS) is 1. The molecule has 1 fully saturated rings. The Morgan fingerprint density at radius 3 is 2.57 bits per heavy atom. The lowest BCUT2D eigenvalue weighted by molar-refractivity contribution is -0.149. The van der Waals surface area contributed by atoms with E-state index in [0.29, 0.717) is 19.3 Å². The van der Waals surface area contributed by atoms with E-state index < -0.39 is 11.5 Å². The van der Waals surface area contributed by atoms with E-state index in [1.807, 2.05) is 0 Å². The fourth-order valence-corrected chi connectivity index (χ4v) is 3.85. The van der Waals surface area contributed by atoms with Gasteiger partial charge >= 0.3 is 5.97 Å². The van der Waals surface area contributed by atoms with Gasteiger partial charge in [0.1, 0.15) is 5.54 Å². The highest BCUT2D eigenvalue weighted by Crippen LogP contribution is 2.28. The molecule has 1 heterocycles. The number of carbonyl (C=O) groups is 2. The Balaban J connectivity index is 1.81. The molecule has 4 nitrogen and oxygen atoms in total. The lowest BCUT2D eigenvalue weighted by Gasteiger charge is -2.34. The third kappa shape index (κ3) is 4.30. The Kier molecular flexibility index (Phi) is 5.39. The molecule has 2 rings (SSSR count). The van der Waals surface area contributed by atoms with Gasteiger partial charge in [0, 0.05) is 16.2 Å². The molecule has 5 heteroatoms. The number of hydrogen-bond donors (Lipinski definition) is 2. The van der Waals surface area contributed by atoms with Crippen molar-refractivity contribution >= 4 is 23.2 Å². The van der Waals surface area contributed by atoms with Crippen LogP contribution in [0.4, 0.5) is 0 Å². The molecule has 1 aromatic heterocycles. The van der Waals surface area contributed by atoms with Crippen LogP contribution in [0.25, 0.3) is 0 Å². The van der Waals surface area contributed by atoms with Gasteiger partial charge in [0.2, 0.25) is 5.91 Å². The van der Waals surface area contributed by atoms with E-state index >= 15 is 0 Å². The molecule has 1 aromatic rings. The molecule has 0 bridgehead atoms. The van der Waals surface area contributed by atoms with E-state index in [9.17, 15) is 14.7 Å². The zero-order chi connectivity index (χ0) is 15.3. The highest BCUT2D eigenvalue weighted by molar-refractivity contribution is 7.11. The summed E-state index contributed by atoms with van der Waals surface area (Å²) in [4.78, 5) is 26.1. The van der Waals surface area contributed by atoms with Gasteiger partial charge in [-0.15, -0.1) is 11.3 Å². The summed E-state index contributed by atoms with van der Waals surface area (Å²) in [5.74, 6) is -1.02. The Labute approximate surface area is 129 Å². The van der Waals surface area contributed by atoms with Gasteiger partial charge in [-0.2, -0.15) is 0 Å². The van der Waals surface area contributed by atoms with Crippen molar-refractivity contribution in [2.24, 2.45) is 0 Å². The van der Waals surface area contributed by atoms with Crippen molar-refractivity contribution in [3.8, 4) is 0 Å². The number of thiophene rings is 1. The van der Waals surface area contributed by atoms with E-state index in [1.54, 1.807) is 11.3 Å².